The van der Waals surface area contributed by atoms with E-state index in [0.717, 1.165) is 0 Å². The van der Waals surface area contributed by atoms with Crippen molar-refractivity contribution in [1.29, 1.82) is 0 Å². The molecule has 19 heavy (non-hydrogen) atoms. The highest BCUT2D eigenvalue weighted by Crippen LogP contribution is 2.14. The van der Waals surface area contributed by atoms with Crippen LogP contribution in [0.25, 0.3) is 0 Å². The number of anilines is 1. The first kappa shape index (κ1) is 13.1. The summed E-state index contributed by atoms with van der Waals surface area (Å²) in [6.45, 7) is 5.40. The van der Waals surface area contributed by atoms with Crippen molar-refractivity contribution < 1.29 is 9.21 Å². The number of nitrogens with zero attached hydrogens (tertiary/aromatic N) is 2. The zero-order valence-corrected chi connectivity index (χ0v) is 11.1. The first-order valence-corrected chi connectivity index (χ1v) is 5.93. The largest absolute Gasteiger partial charge is 0.444 e. The number of nitrogens with one attached hydrogen (secondary N) is 1. The summed E-state index contributed by atoms with van der Waals surface area (Å²) >= 11 is 0. The molecule has 0 aliphatic heterocycles. The van der Waals surface area contributed by atoms with E-state index in [1.54, 1.807) is 33.0 Å². The first-order chi connectivity index (χ1) is 8.95. The molecule has 100 valence electrons. The zero-order valence-electron chi connectivity index (χ0n) is 11.1. The lowest BCUT2D eigenvalue weighted by Crippen LogP contribution is -2.27. The van der Waals surface area contributed by atoms with E-state index in [9.17, 15) is 4.79 Å². The number of nitrogens with two attached hydrogens (primary N) is 1. The van der Waals surface area contributed by atoms with Crippen molar-refractivity contribution in [3.8, 4) is 0 Å². The molecule has 6 nitrogen and oxygen atoms in total. The minimum absolute atomic E-state index is 0.236. The number of aromatic nitrogens is 2. The number of amides is 1. The maximum Gasteiger partial charge on any atom is 0.252 e. The molecule has 1 atom stereocenters. The number of oxazole rings is 1. The monoisotopic (exact) mass is 260 g/mol. The van der Waals surface area contributed by atoms with E-state index in [1.165, 1.54) is 6.07 Å². The van der Waals surface area contributed by atoms with Crippen LogP contribution in [0.5, 0.6) is 0 Å². The SMILES string of the molecule is Cc1cc(C(=O)NC(C)c2ncc(C)o2)cc(N)n1. The molecule has 0 aliphatic carbocycles. The zero-order chi connectivity index (χ0) is 14.0. The molecule has 1 unspecified atom stereocenters. The van der Waals surface area contributed by atoms with Gasteiger partial charge in [0.2, 0.25) is 5.89 Å². The van der Waals surface area contributed by atoms with Gasteiger partial charge in [-0.25, -0.2) is 9.97 Å². The van der Waals surface area contributed by atoms with Gasteiger partial charge >= 0.3 is 0 Å². The van der Waals surface area contributed by atoms with Gasteiger partial charge in [-0.05, 0) is 32.9 Å². The fourth-order valence-electron chi connectivity index (χ4n) is 1.74. The van der Waals surface area contributed by atoms with Gasteiger partial charge < -0.3 is 15.5 Å². The predicted octanol–water partition coefficient (Wildman–Crippen LogP) is 1.76. The second-order valence-corrected chi connectivity index (χ2v) is 4.43. The lowest BCUT2D eigenvalue weighted by molar-refractivity contribution is 0.0933. The molecule has 0 fully saturated rings. The summed E-state index contributed by atoms with van der Waals surface area (Å²) in [6.07, 6.45) is 1.62. The molecule has 2 heterocycles. The molecule has 3 N–H and O–H groups in total. The molecule has 1 amide bonds. The van der Waals surface area contributed by atoms with E-state index in [0.29, 0.717) is 28.7 Å². The van der Waals surface area contributed by atoms with Gasteiger partial charge in [-0.2, -0.15) is 0 Å². The highest BCUT2D eigenvalue weighted by Gasteiger charge is 2.16. The molecule has 0 bridgehead atoms. The van der Waals surface area contributed by atoms with E-state index < -0.39 is 0 Å². The Morgan fingerprint density at radius 1 is 1.42 bits per heavy atom. The standard InChI is InChI=1S/C13H16N4O2/c1-7-4-10(5-11(14)16-7)12(18)17-9(3)13-15-6-8(2)19-13/h4-6,9H,1-3H3,(H2,14,16)(H,17,18). The van der Waals surface area contributed by atoms with E-state index in [1.807, 2.05) is 0 Å². The average molecular weight is 260 g/mol. The summed E-state index contributed by atoms with van der Waals surface area (Å²) in [4.78, 5) is 20.2. The molecule has 0 spiro atoms. The smallest absolute Gasteiger partial charge is 0.252 e. The van der Waals surface area contributed by atoms with Gasteiger partial charge in [0.15, 0.2) is 0 Å². The van der Waals surface area contributed by atoms with E-state index in [-0.39, 0.29) is 11.9 Å². The van der Waals surface area contributed by atoms with Crippen LogP contribution in [-0.2, 0) is 0 Å². The number of hydrogen-bond acceptors (Lipinski definition) is 5. The molecule has 2 aromatic rings. The van der Waals surface area contributed by atoms with Crippen molar-refractivity contribution in [3.05, 3.63) is 41.2 Å². The number of nitrogen functional groups attached to an aromatic ring is 1. The minimum atomic E-state index is -0.309. The number of rotatable bonds is 3. The Labute approximate surface area is 111 Å². The summed E-state index contributed by atoms with van der Waals surface area (Å²) in [5.74, 6) is 1.27. The Balaban J connectivity index is 2.12. The minimum Gasteiger partial charge on any atom is -0.444 e. The van der Waals surface area contributed by atoms with Gasteiger partial charge in [0.25, 0.3) is 5.91 Å². The van der Waals surface area contributed by atoms with Crippen molar-refractivity contribution >= 4 is 11.7 Å². The van der Waals surface area contributed by atoms with Gasteiger partial charge in [0.05, 0.1) is 6.20 Å². The van der Waals surface area contributed by atoms with E-state index >= 15 is 0 Å². The summed E-state index contributed by atoms with van der Waals surface area (Å²) in [5, 5.41) is 2.80. The third-order valence-corrected chi connectivity index (χ3v) is 2.59. The highest BCUT2D eigenvalue weighted by atomic mass is 16.4. The van der Waals surface area contributed by atoms with Crippen molar-refractivity contribution in [3.63, 3.8) is 0 Å². The molecular weight excluding hydrogens is 244 g/mol. The Hall–Kier alpha value is -2.37. The molecule has 2 rings (SSSR count). The molecule has 2 aromatic heterocycles. The molecule has 0 radical (unpaired) electrons. The van der Waals surface area contributed by atoms with Crippen LogP contribution in [0.2, 0.25) is 0 Å². The number of aryl methyl sites for hydroxylation is 2. The molecule has 0 aliphatic rings. The van der Waals surface area contributed by atoms with Crippen LogP contribution in [0.3, 0.4) is 0 Å². The third kappa shape index (κ3) is 3.09. The molecule has 0 aromatic carbocycles. The Kier molecular flexibility index (Phi) is 3.50. The first-order valence-electron chi connectivity index (χ1n) is 5.93. The van der Waals surface area contributed by atoms with E-state index in [4.69, 9.17) is 10.2 Å². The second-order valence-electron chi connectivity index (χ2n) is 4.43. The maximum absolute atomic E-state index is 12.1. The number of pyridine rings is 1. The second kappa shape index (κ2) is 5.09. The van der Waals surface area contributed by atoms with E-state index in [2.05, 4.69) is 15.3 Å². The lowest BCUT2D eigenvalue weighted by atomic mass is 10.2. The topological polar surface area (TPSA) is 94.0 Å². The summed E-state index contributed by atoms with van der Waals surface area (Å²) < 4.78 is 5.37. The van der Waals surface area contributed by atoms with Crippen molar-refractivity contribution in [2.24, 2.45) is 0 Å². The van der Waals surface area contributed by atoms with Crippen LogP contribution >= 0.6 is 0 Å². The van der Waals surface area contributed by atoms with Crippen LogP contribution in [0.1, 0.15) is 40.7 Å². The van der Waals surface area contributed by atoms with Crippen molar-refractivity contribution in [1.82, 2.24) is 15.3 Å². The Morgan fingerprint density at radius 2 is 2.16 bits per heavy atom. The van der Waals surface area contributed by atoms with Crippen molar-refractivity contribution in [2.75, 3.05) is 5.73 Å². The third-order valence-electron chi connectivity index (χ3n) is 2.59. The van der Waals surface area contributed by atoms with Crippen LogP contribution in [0.15, 0.2) is 22.7 Å². The van der Waals surface area contributed by atoms with Crippen LogP contribution in [0.4, 0.5) is 5.82 Å². The van der Waals surface area contributed by atoms with Gasteiger partial charge in [-0.3, -0.25) is 4.79 Å². The summed E-state index contributed by atoms with van der Waals surface area (Å²) in [6, 6.07) is 2.91. The normalized spacial score (nSPS) is 12.2. The Morgan fingerprint density at radius 3 is 2.74 bits per heavy atom. The fourth-order valence-corrected chi connectivity index (χ4v) is 1.74. The molecular formula is C13H16N4O2. The molecule has 0 saturated carbocycles. The maximum atomic E-state index is 12.1. The quantitative estimate of drug-likeness (QED) is 0.876. The van der Waals surface area contributed by atoms with Crippen LogP contribution in [-0.4, -0.2) is 15.9 Å². The lowest BCUT2D eigenvalue weighted by Gasteiger charge is -2.11. The van der Waals surface area contributed by atoms with Gasteiger partial charge in [-0.15, -0.1) is 0 Å². The predicted molar refractivity (Wildman–Crippen MR) is 70.5 cm³/mol. The summed E-state index contributed by atoms with van der Waals surface area (Å²) in [7, 11) is 0. The molecule has 6 heteroatoms. The van der Waals surface area contributed by atoms with Gasteiger partial charge in [-0.1, -0.05) is 0 Å². The van der Waals surface area contributed by atoms with Gasteiger partial charge in [0.1, 0.15) is 17.6 Å². The number of carbonyl (C=O) groups is 1. The number of hydrogen-bond donors (Lipinski definition) is 2. The van der Waals surface area contributed by atoms with Crippen molar-refractivity contribution in [2.45, 2.75) is 26.8 Å². The number of carbonyl (C=O) groups excluding carboxylic acids is 1. The van der Waals surface area contributed by atoms with Crippen LogP contribution < -0.4 is 11.1 Å². The van der Waals surface area contributed by atoms with Crippen LogP contribution in [0, 0.1) is 13.8 Å². The summed E-state index contributed by atoms with van der Waals surface area (Å²) in [5.41, 5.74) is 6.79. The van der Waals surface area contributed by atoms with Gasteiger partial charge in [0, 0.05) is 11.3 Å². The molecule has 0 saturated heterocycles. The highest BCUT2D eigenvalue weighted by molar-refractivity contribution is 5.95. The average Bonchev–Trinajstić information content (AvgIpc) is 2.74. The fraction of sp³-hybridized carbons (Fsp3) is 0.308. The Bertz CT molecular complexity index is 586.